The predicted octanol–water partition coefficient (Wildman–Crippen LogP) is 0.0935. The van der Waals surface area contributed by atoms with E-state index in [0.29, 0.717) is 5.69 Å². The van der Waals surface area contributed by atoms with E-state index in [9.17, 15) is 19.2 Å². The van der Waals surface area contributed by atoms with Crippen LogP contribution in [0.4, 0.5) is 5.69 Å². The van der Waals surface area contributed by atoms with Gasteiger partial charge in [0.15, 0.2) is 0 Å². The average Bonchev–Trinajstić information content (AvgIpc) is 2.42. The Morgan fingerprint density at radius 3 is 2.50 bits per heavy atom. The van der Waals surface area contributed by atoms with Gasteiger partial charge >= 0.3 is 5.97 Å². The van der Waals surface area contributed by atoms with Crippen molar-refractivity contribution in [2.75, 3.05) is 5.32 Å². The number of carbonyl (C=O) groups is 4. The molecule has 0 aliphatic heterocycles. The fourth-order valence-corrected chi connectivity index (χ4v) is 1.74. The second kappa shape index (κ2) is 7.77. The summed E-state index contributed by atoms with van der Waals surface area (Å²) in [6.45, 7) is 1.34. The van der Waals surface area contributed by atoms with Crippen molar-refractivity contribution in [2.45, 2.75) is 25.8 Å². The van der Waals surface area contributed by atoms with E-state index in [0.717, 1.165) is 0 Å². The number of benzene rings is 1. The molecule has 0 unspecified atom stereocenters. The number of primary amides is 1. The van der Waals surface area contributed by atoms with Gasteiger partial charge in [-0.25, -0.2) is 0 Å². The molecule has 1 atom stereocenters. The first-order valence-corrected chi connectivity index (χ1v) is 6.49. The molecule has 0 radical (unpaired) electrons. The molecule has 1 rings (SSSR count). The lowest BCUT2D eigenvalue weighted by Gasteiger charge is -2.15. The number of carboxylic acids is 1. The van der Waals surface area contributed by atoms with Crippen LogP contribution in [0.3, 0.4) is 0 Å². The van der Waals surface area contributed by atoms with E-state index in [1.54, 1.807) is 12.1 Å². The first-order valence-electron chi connectivity index (χ1n) is 6.49. The van der Waals surface area contributed by atoms with Crippen LogP contribution in [0.15, 0.2) is 24.3 Å². The highest BCUT2D eigenvalue weighted by atomic mass is 16.4. The second-order valence-electron chi connectivity index (χ2n) is 4.62. The van der Waals surface area contributed by atoms with Gasteiger partial charge in [0.1, 0.15) is 6.04 Å². The first kappa shape index (κ1) is 17.2. The van der Waals surface area contributed by atoms with E-state index in [-0.39, 0.29) is 24.3 Å². The van der Waals surface area contributed by atoms with Crippen LogP contribution in [-0.4, -0.2) is 34.8 Å². The third-order valence-corrected chi connectivity index (χ3v) is 2.74. The van der Waals surface area contributed by atoms with Gasteiger partial charge in [-0.1, -0.05) is 6.07 Å². The molecule has 0 heterocycles. The molecule has 1 aromatic carbocycles. The summed E-state index contributed by atoms with van der Waals surface area (Å²) < 4.78 is 0. The van der Waals surface area contributed by atoms with Gasteiger partial charge in [0.25, 0.3) is 5.91 Å². The number of nitrogens with one attached hydrogen (secondary N) is 2. The number of carbonyl (C=O) groups excluding carboxylic acids is 3. The molecule has 0 saturated carbocycles. The molecule has 8 heteroatoms. The fraction of sp³-hybridized carbons (Fsp3) is 0.286. The first-order chi connectivity index (χ1) is 10.3. The predicted molar refractivity (Wildman–Crippen MR) is 78.1 cm³/mol. The average molecular weight is 307 g/mol. The lowest BCUT2D eigenvalue weighted by Crippen LogP contribution is -2.44. The summed E-state index contributed by atoms with van der Waals surface area (Å²) in [6, 6.07) is 5.03. The Morgan fingerprint density at radius 2 is 1.95 bits per heavy atom. The number of hydrogen-bond donors (Lipinski definition) is 4. The van der Waals surface area contributed by atoms with E-state index in [1.165, 1.54) is 19.1 Å². The fourth-order valence-electron chi connectivity index (χ4n) is 1.74. The Bertz CT molecular complexity index is 600. The molecule has 0 aliphatic rings. The second-order valence-corrected chi connectivity index (χ2v) is 4.62. The van der Waals surface area contributed by atoms with E-state index < -0.39 is 23.8 Å². The molecule has 3 amide bonds. The van der Waals surface area contributed by atoms with Gasteiger partial charge in [0, 0.05) is 24.6 Å². The monoisotopic (exact) mass is 307 g/mol. The topological polar surface area (TPSA) is 139 Å². The number of nitrogens with two attached hydrogens (primary N) is 1. The molecule has 8 nitrogen and oxygen atoms in total. The minimum Gasteiger partial charge on any atom is -0.481 e. The number of aliphatic carboxylic acids is 1. The van der Waals surface area contributed by atoms with Crippen molar-refractivity contribution in [3.05, 3.63) is 29.8 Å². The normalized spacial score (nSPS) is 11.3. The van der Waals surface area contributed by atoms with Crippen LogP contribution in [0.5, 0.6) is 0 Å². The number of amides is 3. The van der Waals surface area contributed by atoms with Gasteiger partial charge in [-0.15, -0.1) is 0 Å². The smallest absolute Gasteiger partial charge is 0.303 e. The Hall–Kier alpha value is -2.90. The van der Waals surface area contributed by atoms with Crippen LogP contribution in [0, 0.1) is 0 Å². The largest absolute Gasteiger partial charge is 0.481 e. The molecule has 0 aliphatic carbocycles. The molecule has 0 aromatic heterocycles. The van der Waals surface area contributed by atoms with Crippen molar-refractivity contribution in [2.24, 2.45) is 5.73 Å². The van der Waals surface area contributed by atoms with E-state index >= 15 is 0 Å². The summed E-state index contributed by atoms with van der Waals surface area (Å²) in [7, 11) is 0. The Kier molecular flexibility index (Phi) is 6.06. The lowest BCUT2D eigenvalue weighted by atomic mass is 10.1. The van der Waals surface area contributed by atoms with E-state index in [2.05, 4.69) is 10.6 Å². The molecular formula is C14H17N3O5. The highest BCUT2D eigenvalue weighted by Gasteiger charge is 2.20. The van der Waals surface area contributed by atoms with Crippen molar-refractivity contribution in [1.82, 2.24) is 5.32 Å². The minimum absolute atomic E-state index is 0.0954. The van der Waals surface area contributed by atoms with Crippen LogP contribution < -0.4 is 16.4 Å². The molecule has 0 saturated heterocycles. The van der Waals surface area contributed by atoms with Gasteiger partial charge in [-0.2, -0.15) is 0 Å². The van der Waals surface area contributed by atoms with Crippen molar-refractivity contribution >= 4 is 29.4 Å². The third kappa shape index (κ3) is 5.61. The van der Waals surface area contributed by atoms with Crippen LogP contribution in [0.25, 0.3) is 0 Å². The van der Waals surface area contributed by atoms with Crippen molar-refractivity contribution < 1.29 is 24.3 Å². The maximum Gasteiger partial charge on any atom is 0.303 e. The van der Waals surface area contributed by atoms with Gasteiger partial charge < -0.3 is 21.5 Å². The number of anilines is 1. The zero-order chi connectivity index (χ0) is 16.7. The zero-order valence-corrected chi connectivity index (χ0v) is 12.0. The molecular weight excluding hydrogens is 290 g/mol. The van der Waals surface area contributed by atoms with Gasteiger partial charge in [-0.05, 0) is 24.6 Å². The van der Waals surface area contributed by atoms with Crippen molar-refractivity contribution in [3.8, 4) is 0 Å². The van der Waals surface area contributed by atoms with Crippen molar-refractivity contribution in [1.29, 1.82) is 0 Å². The van der Waals surface area contributed by atoms with E-state index in [1.807, 2.05) is 0 Å². The van der Waals surface area contributed by atoms with Gasteiger partial charge in [0.05, 0.1) is 0 Å². The Labute approximate surface area is 126 Å². The molecule has 22 heavy (non-hydrogen) atoms. The standard InChI is InChI=1S/C14H17N3O5/c1-8(18)16-10-4-2-3-9(7-10)14(22)17-11(13(15)21)5-6-12(19)20/h2-4,7,11H,5-6H2,1H3,(H2,15,21)(H,16,18)(H,17,22)(H,19,20)/t11-/m0/s1. The summed E-state index contributed by atoms with van der Waals surface area (Å²) in [5.74, 6) is -2.77. The van der Waals surface area contributed by atoms with Crippen LogP contribution >= 0.6 is 0 Å². The molecule has 1 aromatic rings. The van der Waals surface area contributed by atoms with Crippen LogP contribution in [-0.2, 0) is 14.4 Å². The molecule has 5 N–H and O–H groups in total. The molecule has 118 valence electrons. The summed E-state index contributed by atoms with van der Waals surface area (Å²) in [5, 5.41) is 13.5. The Morgan fingerprint density at radius 1 is 1.27 bits per heavy atom. The maximum atomic E-state index is 12.1. The van der Waals surface area contributed by atoms with Gasteiger partial charge in [0.2, 0.25) is 11.8 Å². The summed E-state index contributed by atoms with van der Waals surface area (Å²) in [5.41, 5.74) is 5.79. The number of rotatable bonds is 7. The highest BCUT2D eigenvalue weighted by Crippen LogP contribution is 2.11. The number of carboxylic acid groups (broad SMARTS) is 1. The zero-order valence-electron chi connectivity index (χ0n) is 12.0. The highest BCUT2D eigenvalue weighted by molar-refractivity contribution is 5.99. The van der Waals surface area contributed by atoms with E-state index in [4.69, 9.17) is 10.8 Å². The van der Waals surface area contributed by atoms with Crippen LogP contribution in [0.2, 0.25) is 0 Å². The third-order valence-electron chi connectivity index (χ3n) is 2.74. The SMILES string of the molecule is CC(=O)Nc1cccc(C(=O)N[C@@H](CCC(=O)O)C(N)=O)c1. The summed E-state index contributed by atoms with van der Waals surface area (Å²) >= 11 is 0. The molecule has 0 fully saturated rings. The Balaban J connectivity index is 2.79. The summed E-state index contributed by atoms with van der Waals surface area (Å²) in [4.78, 5) is 44.8. The maximum absolute atomic E-state index is 12.1. The quantitative estimate of drug-likeness (QED) is 0.565. The van der Waals surface area contributed by atoms with Crippen LogP contribution in [0.1, 0.15) is 30.1 Å². The summed E-state index contributed by atoms with van der Waals surface area (Å²) in [6.07, 6.45) is -0.387. The lowest BCUT2D eigenvalue weighted by molar-refractivity contribution is -0.137. The van der Waals surface area contributed by atoms with Gasteiger partial charge in [-0.3, -0.25) is 19.2 Å². The molecule has 0 bridgehead atoms. The minimum atomic E-state index is -1.09. The van der Waals surface area contributed by atoms with Crippen molar-refractivity contribution in [3.63, 3.8) is 0 Å². The molecule has 0 spiro atoms. The number of hydrogen-bond acceptors (Lipinski definition) is 4.